The molecular formula is C15H18N2O3. The summed E-state index contributed by atoms with van der Waals surface area (Å²) in [5, 5.41) is 12.7. The summed E-state index contributed by atoms with van der Waals surface area (Å²) in [6.07, 6.45) is 5.32. The van der Waals surface area contributed by atoms with Crippen LogP contribution < -0.4 is 4.74 Å². The summed E-state index contributed by atoms with van der Waals surface area (Å²) in [7, 11) is 1.89. The second-order valence-corrected chi connectivity index (χ2v) is 4.66. The van der Waals surface area contributed by atoms with Crippen LogP contribution in [0.15, 0.2) is 36.7 Å². The zero-order valence-electron chi connectivity index (χ0n) is 11.5. The molecule has 1 heterocycles. The Morgan fingerprint density at radius 3 is 2.60 bits per heavy atom. The van der Waals surface area contributed by atoms with E-state index < -0.39 is 5.97 Å². The summed E-state index contributed by atoms with van der Waals surface area (Å²) in [5.74, 6) is 0.0229. The number of rotatable bonds is 7. The van der Waals surface area contributed by atoms with E-state index in [-0.39, 0.29) is 6.42 Å². The third-order valence-corrected chi connectivity index (χ3v) is 2.97. The molecule has 0 saturated heterocycles. The molecule has 20 heavy (non-hydrogen) atoms. The summed E-state index contributed by atoms with van der Waals surface area (Å²) >= 11 is 0. The van der Waals surface area contributed by atoms with Gasteiger partial charge in [-0.3, -0.25) is 9.48 Å². The van der Waals surface area contributed by atoms with Crippen LogP contribution in [0.3, 0.4) is 0 Å². The molecule has 1 aromatic heterocycles. The van der Waals surface area contributed by atoms with Gasteiger partial charge in [-0.25, -0.2) is 0 Å². The van der Waals surface area contributed by atoms with E-state index in [9.17, 15) is 4.79 Å². The number of hydrogen-bond acceptors (Lipinski definition) is 3. The number of carbonyl (C=O) groups is 1. The van der Waals surface area contributed by atoms with Crippen LogP contribution in [-0.2, 0) is 24.7 Å². The van der Waals surface area contributed by atoms with Crippen LogP contribution in [-0.4, -0.2) is 27.5 Å². The smallest absolute Gasteiger partial charge is 0.303 e. The van der Waals surface area contributed by atoms with Crippen molar-refractivity contribution in [2.75, 3.05) is 6.61 Å². The number of carboxylic acids is 1. The maximum absolute atomic E-state index is 10.5. The van der Waals surface area contributed by atoms with Gasteiger partial charge in [0, 0.05) is 26.1 Å². The van der Waals surface area contributed by atoms with Gasteiger partial charge in [0.1, 0.15) is 5.75 Å². The number of aryl methyl sites for hydroxylation is 2. The molecule has 106 valence electrons. The summed E-state index contributed by atoms with van der Waals surface area (Å²) in [6, 6.07) is 7.56. The van der Waals surface area contributed by atoms with Gasteiger partial charge in [-0.2, -0.15) is 5.10 Å². The van der Waals surface area contributed by atoms with Crippen LogP contribution in [0, 0.1) is 0 Å². The predicted octanol–water partition coefficient (Wildman–Crippen LogP) is 2.06. The van der Waals surface area contributed by atoms with Crippen molar-refractivity contribution in [2.24, 2.45) is 7.05 Å². The molecule has 0 unspecified atom stereocenters. The first-order valence-electron chi connectivity index (χ1n) is 6.54. The largest absolute Gasteiger partial charge is 0.493 e. The number of nitrogens with zero attached hydrogens (tertiary/aromatic N) is 2. The average molecular weight is 274 g/mol. The highest BCUT2D eigenvalue weighted by Crippen LogP contribution is 2.14. The van der Waals surface area contributed by atoms with E-state index in [2.05, 4.69) is 5.10 Å². The van der Waals surface area contributed by atoms with Crippen molar-refractivity contribution >= 4 is 5.97 Å². The highest BCUT2D eigenvalue weighted by Gasteiger charge is 2.01. The molecule has 0 aliphatic rings. The second kappa shape index (κ2) is 6.75. The topological polar surface area (TPSA) is 64.3 Å². The summed E-state index contributed by atoms with van der Waals surface area (Å²) in [4.78, 5) is 10.5. The molecule has 1 aromatic carbocycles. The van der Waals surface area contributed by atoms with Crippen molar-refractivity contribution < 1.29 is 14.6 Å². The third kappa shape index (κ3) is 4.42. The zero-order chi connectivity index (χ0) is 14.4. The van der Waals surface area contributed by atoms with E-state index in [0.29, 0.717) is 13.0 Å². The van der Waals surface area contributed by atoms with Gasteiger partial charge in [0.25, 0.3) is 0 Å². The maximum Gasteiger partial charge on any atom is 0.303 e. The van der Waals surface area contributed by atoms with Crippen LogP contribution in [0.2, 0.25) is 0 Å². The van der Waals surface area contributed by atoms with Crippen LogP contribution in [0.1, 0.15) is 17.5 Å². The fourth-order valence-corrected chi connectivity index (χ4v) is 1.89. The second-order valence-electron chi connectivity index (χ2n) is 4.66. The van der Waals surface area contributed by atoms with Crippen LogP contribution in [0.5, 0.6) is 5.75 Å². The first-order valence-corrected chi connectivity index (χ1v) is 6.54. The SMILES string of the molecule is Cn1cc(CCOc2ccc(CCC(=O)O)cc2)cn1. The van der Waals surface area contributed by atoms with Crippen molar-refractivity contribution in [1.82, 2.24) is 9.78 Å². The van der Waals surface area contributed by atoms with Crippen LogP contribution in [0.4, 0.5) is 0 Å². The summed E-state index contributed by atoms with van der Waals surface area (Å²) in [5.41, 5.74) is 2.15. The Kier molecular flexibility index (Phi) is 4.76. The quantitative estimate of drug-likeness (QED) is 0.839. The van der Waals surface area contributed by atoms with Gasteiger partial charge < -0.3 is 9.84 Å². The highest BCUT2D eigenvalue weighted by molar-refractivity contribution is 5.67. The lowest BCUT2D eigenvalue weighted by molar-refractivity contribution is -0.136. The minimum absolute atomic E-state index is 0.154. The van der Waals surface area contributed by atoms with Gasteiger partial charge in [0.15, 0.2) is 0 Å². The Morgan fingerprint density at radius 2 is 2.00 bits per heavy atom. The van der Waals surface area contributed by atoms with E-state index in [1.807, 2.05) is 43.7 Å². The number of hydrogen-bond donors (Lipinski definition) is 1. The molecule has 0 amide bonds. The van der Waals surface area contributed by atoms with Crippen molar-refractivity contribution in [2.45, 2.75) is 19.3 Å². The van der Waals surface area contributed by atoms with Gasteiger partial charge in [-0.1, -0.05) is 12.1 Å². The number of aromatic nitrogens is 2. The summed E-state index contributed by atoms with van der Waals surface area (Å²) in [6.45, 7) is 0.597. The lowest BCUT2D eigenvalue weighted by atomic mass is 10.1. The van der Waals surface area contributed by atoms with E-state index in [0.717, 1.165) is 23.3 Å². The normalized spacial score (nSPS) is 10.4. The predicted molar refractivity (Wildman–Crippen MR) is 74.8 cm³/mol. The third-order valence-electron chi connectivity index (χ3n) is 2.97. The first-order chi connectivity index (χ1) is 9.63. The molecule has 0 radical (unpaired) electrons. The fourth-order valence-electron chi connectivity index (χ4n) is 1.89. The molecule has 5 heteroatoms. The number of aliphatic carboxylic acids is 1. The molecule has 0 spiro atoms. The van der Waals surface area contributed by atoms with Gasteiger partial charge in [0.2, 0.25) is 0 Å². The molecule has 0 bridgehead atoms. The Balaban J connectivity index is 1.77. The highest BCUT2D eigenvalue weighted by atomic mass is 16.5. The van der Waals surface area contributed by atoms with Crippen molar-refractivity contribution in [1.29, 1.82) is 0 Å². The average Bonchev–Trinajstić information content (AvgIpc) is 2.83. The van der Waals surface area contributed by atoms with E-state index in [1.54, 1.807) is 4.68 Å². The fraction of sp³-hybridized carbons (Fsp3) is 0.333. The number of carboxylic acid groups (broad SMARTS) is 1. The molecule has 2 rings (SSSR count). The van der Waals surface area contributed by atoms with E-state index >= 15 is 0 Å². The Labute approximate surface area is 117 Å². The standard InChI is InChI=1S/C15H18N2O3/c1-17-11-13(10-16-17)8-9-20-14-5-2-12(3-6-14)4-7-15(18)19/h2-3,5-6,10-11H,4,7-9H2,1H3,(H,18,19). The molecule has 0 aliphatic heterocycles. The first kappa shape index (κ1) is 14.1. The minimum atomic E-state index is -0.776. The molecule has 0 atom stereocenters. The van der Waals surface area contributed by atoms with Gasteiger partial charge in [0.05, 0.1) is 12.8 Å². The van der Waals surface area contributed by atoms with Crippen LogP contribution >= 0.6 is 0 Å². The van der Waals surface area contributed by atoms with Crippen molar-refractivity contribution in [3.05, 3.63) is 47.8 Å². The van der Waals surface area contributed by atoms with Gasteiger partial charge >= 0.3 is 5.97 Å². The lowest BCUT2D eigenvalue weighted by Crippen LogP contribution is -2.01. The zero-order valence-corrected chi connectivity index (χ0v) is 11.5. The Morgan fingerprint density at radius 1 is 1.25 bits per heavy atom. The molecule has 0 saturated carbocycles. The lowest BCUT2D eigenvalue weighted by Gasteiger charge is -2.06. The number of benzene rings is 1. The minimum Gasteiger partial charge on any atom is -0.493 e. The number of ether oxygens (including phenoxy) is 1. The molecule has 2 aromatic rings. The molecule has 5 nitrogen and oxygen atoms in total. The Hall–Kier alpha value is -2.30. The van der Waals surface area contributed by atoms with Gasteiger partial charge in [-0.15, -0.1) is 0 Å². The molecule has 1 N–H and O–H groups in total. The Bertz CT molecular complexity index is 561. The van der Waals surface area contributed by atoms with Crippen LogP contribution in [0.25, 0.3) is 0 Å². The van der Waals surface area contributed by atoms with E-state index in [1.165, 1.54) is 0 Å². The van der Waals surface area contributed by atoms with E-state index in [4.69, 9.17) is 9.84 Å². The van der Waals surface area contributed by atoms with Crippen molar-refractivity contribution in [3.8, 4) is 5.75 Å². The van der Waals surface area contributed by atoms with Crippen molar-refractivity contribution in [3.63, 3.8) is 0 Å². The molecular weight excluding hydrogens is 256 g/mol. The molecule has 0 aliphatic carbocycles. The van der Waals surface area contributed by atoms with Gasteiger partial charge in [-0.05, 0) is 29.7 Å². The summed E-state index contributed by atoms with van der Waals surface area (Å²) < 4.78 is 7.42. The molecule has 0 fully saturated rings. The maximum atomic E-state index is 10.5. The monoisotopic (exact) mass is 274 g/mol.